The molecular weight excluding hydrogens is 364 g/mol. The third-order valence-corrected chi connectivity index (χ3v) is 6.45. The molecule has 1 N–H and O–H groups in total. The van der Waals surface area contributed by atoms with Crippen molar-refractivity contribution in [2.45, 2.75) is 30.7 Å². The molecule has 0 bridgehead atoms. The number of amides is 1. The lowest BCUT2D eigenvalue weighted by atomic mass is 10.0. The van der Waals surface area contributed by atoms with Gasteiger partial charge in [0, 0.05) is 25.0 Å². The maximum absolute atomic E-state index is 12.5. The van der Waals surface area contributed by atoms with Crippen LogP contribution in [0.25, 0.3) is 0 Å². The molecule has 1 unspecified atom stereocenters. The van der Waals surface area contributed by atoms with Crippen molar-refractivity contribution in [3.8, 4) is 5.75 Å². The van der Waals surface area contributed by atoms with E-state index >= 15 is 0 Å². The zero-order valence-corrected chi connectivity index (χ0v) is 16.5. The number of ether oxygens (including phenoxy) is 1. The predicted molar refractivity (Wildman–Crippen MR) is 100 cm³/mol. The molecule has 142 valence electrons. The van der Waals surface area contributed by atoms with E-state index in [4.69, 9.17) is 4.74 Å². The number of nitrogens with zero attached hydrogens (tertiary/aromatic N) is 1. The number of carbonyl (C=O) groups is 1. The molecule has 1 saturated heterocycles. The molecule has 0 radical (unpaired) electrons. The molecule has 1 aliphatic heterocycles. The molecule has 8 heteroatoms. The Bertz CT molecular complexity index is 656. The fourth-order valence-corrected chi connectivity index (χ4v) is 4.52. The number of hydrogen-bond acceptors (Lipinski definition) is 5. The van der Waals surface area contributed by atoms with E-state index in [1.807, 2.05) is 7.05 Å². The minimum absolute atomic E-state index is 0. The summed E-state index contributed by atoms with van der Waals surface area (Å²) in [6.45, 7) is 3.04. The number of halogens is 1. The SMILES string of the molecule is CNC1CCN(C(=O)C(C)CS(=O)(=O)c2ccc(OC)cc2)CC1.Cl. The van der Waals surface area contributed by atoms with Crippen molar-refractivity contribution in [1.82, 2.24) is 10.2 Å². The van der Waals surface area contributed by atoms with Gasteiger partial charge in [-0.05, 0) is 44.2 Å². The van der Waals surface area contributed by atoms with Crippen LogP contribution in [0.1, 0.15) is 19.8 Å². The van der Waals surface area contributed by atoms with Crippen molar-refractivity contribution in [1.29, 1.82) is 0 Å². The van der Waals surface area contributed by atoms with E-state index in [-0.39, 0.29) is 29.0 Å². The number of likely N-dealkylation sites (tertiary alicyclic amines) is 1. The standard InChI is InChI=1S/C17H26N2O4S.ClH/c1-13(17(20)19-10-8-14(18-2)9-11-19)12-24(21,22)16-6-4-15(23-3)5-7-16;/h4-7,13-14,18H,8-12H2,1-3H3;1H. The van der Waals surface area contributed by atoms with Gasteiger partial charge in [-0.25, -0.2) is 8.42 Å². The van der Waals surface area contributed by atoms with Gasteiger partial charge in [0.15, 0.2) is 9.84 Å². The molecule has 0 spiro atoms. The molecule has 25 heavy (non-hydrogen) atoms. The monoisotopic (exact) mass is 390 g/mol. The quantitative estimate of drug-likeness (QED) is 0.800. The highest BCUT2D eigenvalue weighted by Gasteiger charge is 2.29. The van der Waals surface area contributed by atoms with Crippen LogP contribution in [0.5, 0.6) is 5.75 Å². The first-order valence-electron chi connectivity index (χ1n) is 8.20. The number of rotatable bonds is 6. The normalized spacial score (nSPS) is 16.8. The van der Waals surface area contributed by atoms with Crippen LogP contribution >= 0.6 is 12.4 Å². The van der Waals surface area contributed by atoms with Gasteiger partial charge >= 0.3 is 0 Å². The molecule has 1 aliphatic rings. The van der Waals surface area contributed by atoms with Gasteiger partial charge in [-0.2, -0.15) is 0 Å². The van der Waals surface area contributed by atoms with Crippen molar-refractivity contribution in [2.75, 3.05) is 33.0 Å². The minimum Gasteiger partial charge on any atom is -0.497 e. The zero-order valence-electron chi connectivity index (χ0n) is 14.9. The van der Waals surface area contributed by atoms with Crippen LogP contribution in [0.2, 0.25) is 0 Å². The van der Waals surface area contributed by atoms with E-state index < -0.39 is 15.8 Å². The summed E-state index contributed by atoms with van der Waals surface area (Å²) in [4.78, 5) is 14.5. The average Bonchev–Trinajstić information content (AvgIpc) is 2.60. The molecule has 1 aromatic rings. The number of sulfone groups is 1. The van der Waals surface area contributed by atoms with Crippen molar-refractivity contribution < 1.29 is 17.9 Å². The van der Waals surface area contributed by atoms with E-state index in [1.165, 1.54) is 19.2 Å². The third kappa shape index (κ3) is 5.59. The second-order valence-corrected chi connectivity index (χ2v) is 8.28. The number of piperidine rings is 1. The topological polar surface area (TPSA) is 75.7 Å². The van der Waals surface area contributed by atoms with Gasteiger partial charge in [0.25, 0.3) is 0 Å². The van der Waals surface area contributed by atoms with Crippen LogP contribution < -0.4 is 10.1 Å². The fraction of sp³-hybridized carbons (Fsp3) is 0.588. The largest absolute Gasteiger partial charge is 0.497 e. The summed E-state index contributed by atoms with van der Waals surface area (Å²) < 4.78 is 30.1. The van der Waals surface area contributed by atoms with Gasteiger partial charge in [0.05, 0.1) is 17.8 Å². The predicted octanol–water partition coefficient (Wildman–Crippen LogP) is 1.74. The molecule has 1 heterocycles. The molecule has 1 aromatic carbocycles. The van der Waals surface area contributed by atoms with E-state index in [0.29, 0.717) is 24.9 Å². The number of hydrogen-bond donors (Lipinski definition) is 1. The lowest BCUT2D eigenvalue weighted by Gasteiger charge is -2.33. The van der Waals surface area contributed by atoms with Crippen LogP contribution in [0.3, 0.4) is 0 Å². The van der Waals surface area contributed by atoms with E-state index in [2.05, 4.69) is 5.32 Å². The van der Waals surface area contributed by atoms with Crippen LogP contribution in [-0.2, 0) is 14.6 Å². The van der Waals surface area contributed by atoms with Gasteiger partial charge in [-0.1, -0.05) is 6.92 Å². The van der Waals surface area contributed by atoms with Crippen molar-refractivity contribution in [2.24, 2.45) is 5.92 Å². The van der Waals surface area contributed by atoms with Gasteiger partial charge in [-0.3, -0.25) is 4.79 Å². The van der Waals surface area contributed by atoms with E-state index in [9.17, 15) is 13.2 Å². The smallest absolute Gasteiger partial charge is 0.226 e. The second kappa shape index (κ2) is 9.40. The Balaban J connectivity index is 0.00000312. The average molecular weight is 391 g/mol. The molecule has 1 fully saturated rings. The Morgan fingerprint density at radius 3 is 2.32 bits per heavy atom. The van der Waals surface area contributed by atoms with Crippen LogP contribution in [-0.4, -0.2) is 58.3 Å². The first-order valence-corrected chi connectivity index (χ1v) is 9.85. The minimum atomic E-state index is -3.50. The van der Waals surface area contributed by atoms with Crippen molar-refractivity contribution in [3.63, 3.8) is 0 Å². The van der Waals surface area contributed by atoms with Gasteiger partial charge < -0.3 is 15.0 Å². The molecule has 0 aliphatic carbocycles. The summed E-state index contributed by atoms with van der Waals surface area (Å²) in [6, 6.07) is 6.70. The lowest BCUT2D eigenvalue weighted by molar-refractivity contribution is -0.135. The number of methoxy groups -OCH3 is 1. The number of benzene rings is 1. The molecule has 0 aromatic heterocycles. The van der Waals surface area contributed by atoms with Crippen molar-refractivity contribution >= 4 is 28.2 Å². The summed E-state index contributed by atoms with van der Waals surface area (Å²) in [5.74, 6) is -0.209. The third-order valence-electron chi connectivity index (χ3n) is 4.52. The summed E-state index contributed by atoms with van der Waals surface area (Å²) in [6.07, 6.45) is 1.81. The Hall–Kier alpha value is -1.31. The fourth-order valence-electron chi connectivity index (χ4n) is 2.98. The second-order valence-electron chi connectivity index (χ2n) is 6.25. The molecule has 6 nitrogen and oxygen atoms in total. The Kier molecular flexibility index (Phi) is 8.18. The maximum atomic E-state index is 12.5. The number of carbonyl (C=O) groups excluding carboxylic acids is 1. The Morgan fingerprint density at radius 1 is 1.28 bits per heavy atom. The van der Waals surface area contributed by atoms with Crippen molar-refractivity contribution in [3.05, 3.63) is 24.3 Å². The van der Waals surface area contributed by atoms with Gasteiger partial charge in [0.1, 0.15) is 5.75 Å². The maximum Gasteiger partial charge on any atom is 0.226 e. The molecule has 1 atom stereocenters. The van der Waals surface area contributed by atoms with Gasteiger partial charge in [0.2, 0.25) is 5.91 Å². The summed E-state index contributed by atoms with van der Waals surface area (Å²) in [7, 11) is -0.0469. The van der Waals surface area contributed by atoms with E-state index in [0.717, 1.165) is 12.8 Å². The highest BCUT2D eigenvalue weighted by Crippen LogP contribution is 2.20. The van der Waals surface area contributed by atoms with Gasteiger partial charge in [-0.15, -0.1) is 12.4 Å². The van der Waals surface area contributed by atoms with Crippen LogP contribution in [0.15, 0.2) is 29.2 Å². The first kappa shape index (κ1) is 21.7. The number of nitrogens with one attached hydrogen (secondary N) is 1. The Morgan fingerprint density at radius 2 is 1.84 bits per heavy atom. The summed E-state index contributed by atoms with van der Waals surface area (Å²) in [5, 5.41) is 3.22. The summed E-state index contributed by atoms with van der Waals surface area (Å²) in [5.41, 5.74) is 0. The zero-order chi connectivity index (χ0) is 17.7. The lowest BCUT2D eigenvalue weighted by Crippen LogP contribution is -2.46. The van der Waals surface area contributed by atoms with Crippen LogP contribution in [0.4, 0.5) is 0 Å². The highest BCUT2D eigenvalue weighted by atomic mass is 35.5. The summed E-state index contributed by atoms with van der Waals surface area (Å²) >= 11 is 0. The molecule has 1 amide bonds. The van der Waals surface area contributed by atoms with E-state index in [1.54, 1.807) is 24.0 Å². The Labute approximate surface area is 156 Å². The first-order chi connectivity index (χ1) is 11.4. The highest BCUT2D eigenvalue weighted by molar-refractivity contribution is 7.91. The van der Waals surface area contributed by atoms with Crippen LogP contribution in [0, 0.1) is 5.92 Å². The molecule has 0 saturated carbocycles. The molecule has 2 rings (SSSR count). The molecular formula is C17H27ClN2O4S.